The quantitative estimate of drug-likeness (QED) is 0.520. The fourth-order valence-corrected chi connectivity index (χ4v) is 3.46. The Kier molecular flexibility index (Phi) is 5.91. The van der Waals surface area contributed by atoms with E-state index in [1.165, 1.54) is 18.2 Å². The second kappa shape index (κ2) is 8.41. The minimum atomic E-state index is -0.414. The summed E-state index contributed by atoms with van der Waals surface area (Å²) < 4.78 is 10.7. The summed E-state index contributed by atoms with van der Waals surface area (Å²) in [4.78, 5) is 40.5. The average Bonchev–Trinajstić information content (AvgIpc) is 2.98. The van der Waals surface area contributed by atoms with E-state index in [0.717, 1.165) is 16.0 Å². The van der Waals surface area contributed by atoms with Crippen molar-refractivity contribution in [3.63, 3.8) is 0 Å². The monoisotopic (exact) mass is 408 g/mol. The van der Waals surface area contributed by atoms with Crippen molar-refractivity contribution < 1.29 is 23.9 Å². The van der Waals surface area contributed by atoms with E-state index in [-0.39, 0.29) is 23.9 Å². The summed E-state index contributed by atoms with van der Waals surface area (Å²) in [5.74, 6) is 0.169. The largest absolute Gasteiger partial charge is 0.493 e. The lowest BCUT2D eigenvalue weighted by Gasteiger charge is -2.20. The molecule has 2 aromatic rings. The molecule has 30 heavy (non-hydrogen) atoms. The van der Waals surface area contributed by atoms with E-state index >= 15 is 0 Å². The van der Waals surface area contributed by atoms with Crippen LogP contribution in [0.25, 0.3) is 0 Å². The highest BCUT2D eigenvalue weighted by Crippen LogP contribution is 2.31. The summed E-state index contributed by atoms with van der Waals surface area (Å²) >= 11 is 0. The van der Waals surface area contributed by atoms with Crippen LogP contribution >= 0.6 is 0 Å². The number of ether oxygens (including phenoxy) is 2. The molecule has 3 amide bonds. The minimum absolute atomic E-state index is 0.133. The second-order valence-corrected chi connectivity index (χ2v) is 7.06. The molecule has 7 heteroatoms. The summed E-state index contributed by atoms with van der Waals surface area (Å²) in [5.41, 5.74) is 2.76. The van der Waals surface area contributed by atoms with Gasteiger partial charge in [-0.2, -0.15) is 0 Å². The number of benzene rings is 2. The molecular formula is C23H24N2O5. The maximum atomic E-state index is 13.0. The zero-order valence-corrected chi connectivity index (χ0v) is 17.5. The van der Waals surface area contributed by atoms with Gasteiger partial charge >= 0.3 is 0 Å². The van der Waals surface area contributed by atoms with Crippen LogP contribution in [0.5, 0.6) is 11.5 Å². The number of nitrogens with zero attached hydrogens (tertiary/aromatic N) is 2. The molecule has 0 spiro atoms. The van der Waals surface area contributed by atoms with E-state index in [4.69, 9.17) is 9.47 Å². The third kappa shape index (κ3) is 3.66. The van der Waals surface area contributed by atoms with E-state index in [2.05, 4.69) is 6.58 Å². The predicted molar refractivity (Wildman–Crippen MR) is 112 cm³/mol. The van der Waals surface area contributed by atoms with Crippen LogP contribution in [0.1, 0.15) is 42.2 Å². The summed E-state index contributed by atoms with van der Waals surface area (Å²) in [6.07, 6.45) is 1.49. The number of hydrogen-bond donors (Lipinski definition) is 0. The number of hydrogen-bond acceptors (Lipinski definition) is 5. The van der Waals surface area contributed by atoms with Gasteiger partial charge in [-0.1, -0.05) is 6.08 Å². The molecule has 7 nitrogen and oxygen atoms in total. The normalized spacial score (nSPS) is 12.6. The minimum Gasteiger partial charge on any atom is -0.493 e. The molecule has 1 aliphatic rings. The van der Waals surface area contributed by atoms with Gasteiger partial charge in [-0.3, -0.25) is 19.3 Å². The molecule has 0 aromatic heterocycles. The fourth-order valence-electron chi connectivity index (χ4n) is 3.46. The van der Waals surface area contributed by atoms with Gasteiger partial charge in [-0.05, 0) is 48.4 Å². The Balaban J connectivity index is 1.84. The third-order valence-corrected chi connectivity index (χ3v) is 5.13. The highest BCUT2D eigenvalue weighted by atomic mass is 16.5. The molecule has 0 N–H and O–H groups in total. The van der Waals surface area contributed by atoms with Crippen LogP contribution in [0, 0.1) is 6.92 Å². The van der Waals surface area contributed by atoms with Gasteiger partial charge in [0.05, 0.1) is 25.3 Å². The first-order valence-electron chi connectivity index (χ1n) is 9.40. The molecule has 0 radical (unpaired) electrons. The van der Waals surface area contributed by atoms with Gasteiger partial charge in [-0.15, -0.1) is 6.58 Å². The molecule has 1 aliphatic heterocycles. The molecule has 1 heterocycles. The SMILES string of the molecule is C=CCN1C(=O)c2ccc(C(=O)N(C)Cc3cc(OC)c(OC)cc3C)cc2C1=O. The highest BCUT2D eigenvalue weighted by Gasteiger charge is 2.35. The smallest absolute Gasteiger partial charge is 0.261 e. The van der Waals surface area contributed by atoms with E-state index in [0.29, 0.717) is 29.2 Å². The average molecular weight is 408 g/mol. The molecule has 0 fully saturated rings. The van der Waals surface area contributed by atoms with Crippen LogP contribution < -0.4 is 9.47 Å². The molecule has 0 aliphatic carbocycles. The Morgan fingerprint density at radius 3 is 2.33 bits per heavy atom. The van der Waals surface area contributed by atoms with Crippen LogP contribution in [0.3, 0.4) is 0 Å². The maximum Gasteiger partial charge on any atom is 0.261 e. The van der Waals surface area contributed by atoms with Crippen LogP contribution in [-0.2, 0) is 6.54 Å². The number of aryl methyl sites for hydroxylation is 1. The topological polar surface area (TPSA) is 76.2 Å². The number of rotatable bonds is 7. The molecule has 0 saturated carbocycles. The Morgan fingerprint density at radius 1 is 1.07 bits per heavy atom. The number of carbonyl (C=O) groups excluding carboxylic acids is 3. The summed E-state index contributed by atoms with van der Waals surface area (Å²) in [6.45, 7) is 5.98. The highest BCUT2D eigenvalue weighted by molar-refractivity contribution is 6.22. The summed E-state index contributed by atoms with van der Waals surface area (Å²) in [7, 11) is 4.82. The maximum absolute atomic E-state index is 13.0. The van der Waals surface area contributed by atoms with Gasteiger partial charge in [0, 0.05) is 25.7 Å². The molecule has 0 saturated heterocycles. The first-order chi connectivity index (χ1) is 14.3. The Morgan fingerprint density at radius 2 is 1.70 bits per heavy atom. The van der Waals surface area contributed by atoms with E-state index in [9.17, 15) is 14.4 Å². The zero-order chi connectivity index (χ0) is 22.0. The summed E-state index contributed by atoms with van der Waals surface area (Å²) in [5, 5.41) is 0. The Bertz CT molecular complexity index is 1040. The van der Waals surface area contributed by atoms with Crippen LogP contribution in [0.15, 0.2) is 43.0 Å². The van der Waals surface area contributed by atoms with E-state index in [1.54, 1.807) is 32.2 Å². The van der Waals surface area contributed by atoms with Gasteiger partial charge in [0.25, 0.3) is 17.7 Å². The Labute approximate surface area is 175 Å². The molecule has 0 atom stereocenters. The van der Waals surface area contributed by atoms with Gasteiger partial charge in [0.15, 0.2) is 11.5 Å². The number of imide groups is 1. The molecular weight excluding hydrogens is 384 g/mol. The lowest BCUT2D eigenvalue weighted by Crippen LogP contribution is -2.29. The zero-order valence-electron chi connectivity index (χ0n) is 17.5. The number of amides is 3. The van der Waals surface area contributed by atoms with Crippen LogP contribution in [-0.4, -0.2) is 55.3 Å². The Hall–Kier alpha value is -3.61. The van der Waals surface area contributed by atoms with Crippen molar-refractivity contribution in [2.24, 2.45) is 0 Å². The fraction of sp³-hybridized carbons (Fsp3) is 0.261. The van der Waals surface area contributed by atoms with Gasteiger partial charge in [0.1, 0.15) is 0 Å². The van der Waals surface area contributed by atoms with Crippen molar-refractivity contribution in [2.45, 2.75) is 13.5 Å². The predicted octanol–water partition coefficient (Wildman–Crippen LogP) is 3.07. The van der Waals surface area contributed by atoms with Gasteiger partial charge in [-0.25, -0.2) is 0 Å². The molecule has 0 bridgehead atoms. The molecule has 3 rings (SSSR count). The lowest BCUT2D eigenvalue weighted by molar-refractivity contribution is 0.0671. The second-order valence-electron chi connectivity index (χ2n) is 7.06. The standard InChI is InChI=1S/C23H24N2O5/c1-6-9-25-22(27)17-8-7-15(11-18(17)23(25)28)21(26)24(3)13-16-12-20(30-5)19(29-4)10-14(16)2/h6-8,10-12H,1,9,13H2,2-5H3. The van der Waals surface area contributed by atoms with Gasteiger partial charge in [0.2, 0.25) is 0 Å². The van der Waals surface area contributed by atoms with Crippen molar-refractivity contribution in [1.82, 2.24) is 9.80 Å². The van der Waals surface area contributed by atoms with Crippen molar-refractivity contribution in [2.75, 3.05) is 27.8 Å². The first-order valence-corrected chi connectivity index (χ1v) is 9.40. The van der Waals surface area contributed by atoms with Gasteiger partial charge < -0.3 is 14.4 Å². The molecule has 0 unspecified atom stereocenters. The van der Waals surface area contributed by atoms with Crippen LogP contribution in [0.2, 0.25) is 0 Å². The summed E-state index contributed by atoms with van der Waals surface area (Å²) in [6, 6.07) is 8.29. The lowest BCUT2D eigenvalue weighted by atomic mass is 10.0. The van der Waals surface area contributed by atoms with E-state index in [1.807, 2.05) is 19.1 Å². The first kappa shape index (κ1) is 21.1. The molecule has 156 valence electrons. The number of carbonyl (C=O) groups is 3. The third-order valence-electron chi connectivity index (χ3n) is 5.13. The van der Waals surface area contributed by atoms with Crippen molar-refractivity contribution in [1.29, 1.82) is 0 Å². The van der Waals surface area contributed by atoms with Crippen LogP contribution in [0.4, 0.5) is 0 Å². The van der Waals surface area contributed by atoms with Crippen molar-refractivity contribution >= 4 is 17.7 Å². The number of fused-ring (bicyclic) bond motifs is 1. The van der Waals surface area contributed by atoms with Crippen molar-refractivity contribution in [3.8, 4) is 11.5 Å². The van der Waals surface area contributed by atoms with E-state index < -0.39 is 5.91 Å². The molecule has 2 aromatic carbocycles. The van der Waals surface area contributed by atoms with Crippen molar-refractivity contribution in [3.05, 3.63) is 70.8 Å². The number of methoxy groups -OCH3 is 2.